The molecule has 0 saturated carbocycles. The van der Waals surface area contributed by atoms with E-state index in [1.807, 2.05) is 0 Å². The van der Waals surface area contributed by atoms with E-state index in [-0.39, 0.29) is 28.3 Å². The third kappa shape index (κ3) is 2.92. The lowest BCUT2D eigenvalue weighted by Crippen LogP contribution is -2.11. The van der Waals surface area contributed by atoms with Crippen LogP contribution in [-0.2, 0) is 0 Å². The van der Waals surface area contributed by atoms with Gasteiger partial charge >= 0.3 is 0 Å². The first kappa shape index (κ1) is 14.0. The summed E-state index contributed by atoms with van der Waals surface area (Å²) in [7, 11) is 0. The molecule has 0 atom stereocenters. The van der Waals surface area contributed by atoms with E-state index in [1.165, 1.54) is 24.4 Å². The smallest absolute Gasteiger partial charge is 0.273 e. The van der Waals surface area contributed by atoms with Crippen molar-refractivity contribution < 1.29 is 9.66 Å². The van der Waals surface area contributed by atoms with Gasteiger partial charge in [0.15, 0.2) is 5.75 Å². The molecule has 0 amide bonds. The van der Waals surface area contributed by atoms with Gasteiger partial charge in [0.25, 0.3) is 5.69 Å². The monoisotopic (exact) mass is 295 g/mol. The Hall–Kier alpha value is -2.45. The number of hydrazine groups is 1. The highest BCUT2D eigenvalue weighted by Crippen LogP contribution is 2.33. The van der Waals surface area contributed by atoms with Crippen molar-refractivity contribution in [3.8, 4) is 11.6 Å². The van der Waals surface area contributed by atoms with Crippen molar-refractivity contribution in [2.45, 2.75) is 6.92 Å². The minimum Gasteiger partial charge on any atom is -0.437 e. The summed E-state index contributed by atoms with van der Waals surface area (Å²) in [5.41, 5.74) is 2.78. The van der Waals surface area contributed by atoms with Crippen LogP contribution < -0.4 is 16.0 Å². The van der Waals surface area contributed by atoms with E-state index in [1.54, 1.807) is 6.92 Å². The average Bonchev–Trinajstić information content (AvgIpc) is 2.43. The van der Waals surface area contributed by atoms with E-state index in [2.05, 4.69) is 15.4 Å². The standard InChI is InChI=1S/C11H10ClN5O3/c1-6-5-14-11(16-13)15-10(6)20-9-4-7(17(18)19)2-3-8(9)12/h2-5H,13H2,1H3,(H,14,15,16). The van der Waals surface area contributed by atoms with E-state index in [4.69, 9.17) is 22.2 Å². The topological polar surface area (TPSA) is 116 Å². The molecule has 0 fully saturated rings. The van der Waals surface area contributed by atoms with E-state index in [0.29, 0.717) is 5.56 Å². The minimum atomic E-state index is -0.539. The molecule has 0 aliphatic carbocycles. The molecule has 1 heterocycles. The fourth-order valence-corrected chi connectivity index (χ4v) is 1.54. The van der Waals surface area contributed by atoms with Crippen LogP contribution in [0.5, 0.6) is 11.6 Å². The van der Waals surface area contributed by atoms with E-state index >= 15 is 0 Å². The molecule has 2 rings (SSSR count). The molecule has 0 aliphatic rings. The lowest BCUT2D eigenvalue weighted by molar-refractivity contribution is -0.384. The number of nitrogens with zero attached hydrogens (tertiary/aromatic N) is 3. The molecule has 0 radical (unpaired) electrons. The number of non-ortho nitro benzene ring substituents is 1. The maximum Gasteiger partial charge on any atom is 0.273 e. The number of hydrogen-bond acceptors (Lipinski definition) is 7. The molecule has 0 spiro atoms. The van der Waals surface area contributed by atoms with Crippen LogP contribution in [0.25, 0.3) is 0 Å². The second kappa shape index (κ2) is 5.68. The summed E-state index contributed by atoms with van der Waals surface area (Å²) in [5, 5.41) is 11.0. The molecule has 104 valence electrons. The maximum atomic E-state index is 10.7. The van der Waals surface area contributed by atoms with Crippen LogP contribution in [0.2, 0.25) is 5.02 Å². The van der Waals surface area contributed by atoms with Crippen LogP contribution in [0.15, 0.2) is 24.4 Å². The van der Waals surface area contributed by atoms with Gasteiger partial charge in [-0.25, -0.2) is 10.8 Å². The summed E-state index contributed by atoms with van der Waals surface area (Å²) < 4.78 is 5.49. The molecular weight excluding hydrogens is 286 g/mol. The average molecular weight is 296 g/mol. The van der Waals surface area contributed by atoms with Gasteiger partial charge in [-0.05, 0) is 13.0 Å². The molecule has 8 nitrogen and oxygen atoms in total. The van der Waals surface area contributed by atoms with Gasteiger partial charge in [-0.2, -0.15) is 4.98 Å². The van der Waals surface area contributed by atoms with Crippen LogP contribution >= 0.6 is 11.6 Å². The van der Waals surface area contributed by atoms with Gasteiger partial charge in [-0.15, -0.1) is 0 Å². The third-order valence-corrected chi connectivity index (χ3v) is 2.70. The molecule has 0 saturated heterocycles. The number of nitro benzene ring substituents is 1. The SMILES string of the molecule is Cc1cnc(NN)nc1Oc1cc([N+](=O)[O-])ccc1Cl. The Balaban J connectivity index is 2.38. The van der Waals surface area contributed by atoms with Crippen LogP contribution in [0.1, 0.15) is 5.56 Å². The highest BCUT2D eigenvalue weighted by atomic mass is 35.5. The predicted octanol–water partition coefficient (Wildman–Crippen LogP) is 2.42. The molecule has 0 unspecified atom stereocenters. The van der Waals surface area contributed by atoms with E-state index in [9.17, 15) is 10.1 Å². The molecule has 0 bridgehead atoms. The lowest BCUT2D eigenvalue weighted by atomic mass is 10.3. The molecule has 1 aromatic carbocycles. The van der Waals surface area contributed by atoms with Crippen molar-refractivity contribution in [2.75, 3.05) is 5.43 Å². The van der Waals surface area contributed by atoms with Crippen molar-refractivity contribution in [3.05, 3.63) is 45.1 Å². The third-order valence-electron chi connectivity index (χ3n) is 2.39. The molecule has 2 aromatic rings. The van der Waals surface area contributed by atoms with Gasteiger partial charge in [0.1, 0.15) is 0 Å². The molecule has 0 aliphatic heterocycles. The fourth-order valence-electron chi connectivity index (χ4n) is 1.39. The molecule has 1 aromatic heterocycles. The number of aromatic nitrogens is 2. The number of anilines is 1. The van der Waals surface area contributed by atoms with Crippen molar-refractivity contribution >= 4 is 23.2 Å². The molecular formula is C11H10ClN5O3. The van der Waals surface area contributed by atoms with Crippen molar-refractivity contribution in [1.82, 2.24) is 9.97 Å². The summed E-state index contributed by atoms with van der Waals surface area (Å²) in [6.07, 6.45) is 1.50. The Kier molecular flexibility index (Phi) is 3.97. The van der Waals surface area contributed by atoms with E-state index in [0.717, 1.165) is 0 Å². The number of benzene rings is 1. The Morgan fingerprint density at radius 2 is 2.25 bits per heavy atom. The zero-order valence-electron chi connectivity index (χ0n) is 10.3. The van der Waals surface area contributed by atoms with Crippen LogP contribution in [0.3, 0.4) is 0 Å². The fraction of sp³-hybridized carbons (Fsp3) is 0.0909. The molecule has 9 heteroatoms. The van der Waals surface area contributed by atoms with E-state index < -0.39 is 4.92 Å². The van der Waals surface area contributed by atoms with Gasteiger partial charge in [-0.3, -0.25) is 15.5 Å². The first-order valence-corrected chi connectivity index (χ1v) is 5.81. The number of hydrogen-bond donors (Lipinski definition) is 2. The van der Waals surface area contributed by atoms with Crippen LogP contribution in [-0.4, -0.2) is 14.9 Å². The van der Waals surface area contributed by atoms with Gasteiger partial charge in [0, 0.05) is 17.8 Å². The number of rotatable bonds is 4. The van der Waals surface area contributed by atoms with Crippen molar-refractivity contribution in [3.63, 3.8) is 0 Å². The van der Waals surface area contributed by atoms with Crippen molar-refractivity contribution in [1.29, 1.82) is 0 Å². The maximum absolute atomic E-state index is 10.7. The number of ether oxygens (including phenoxy) is 1. The Morgan fingerprint density at radius 1 is 1.50 bits per heavy atom. The number of nitro groups is 1. The van der Waals surface area contributed by atoms with Gasteiger partial charge in [0.05, 0.1) is 16.0 Å². The number of nitrogen functional groups attached to an aromatic ring is 1. The normalized spacial score (nSPS) is 10.2. The zero-order chi connectivity index (χ0) is 14.7. The molecule has 3 N–H and O–H groups in total. The summed E-state index contributed by atoms with van der Waals surface area (Å²) in [6, 6.07) is 3.89. The van der Waals surface area contributed by atoms with Gasteiger partial charge in [0.2, 0.25) is 11.8 Å². The van der Waals surface area contributed by atoms with Gasteiger partial charge < -0.3 is 4.74 Å². The largest absolute Gasteiger partial charge is 0.437 e. The molecule has 20 heavy (non-hydrogen) atoms. The number of nitrogens with one attached hydrogen (secondary N) is 1. The highest BCUT2D eigenvalue weighted by Gasteiger charge is 2.13. The Bertz CT molecular complexity index is 665. The predicted molar refractivity (Wildman–Crippen MR) is 72.8 cm³/mol. The lowest BCUT2D eigenvalue weighted by Gasteiger charge is -2.09. The highest BCUT2D eigenvalue weighted by molar-refractivity contribution is 6.32. The zero-order valence-corrected chi connectivity index (χ0v) is 11.1. The van der Waals surface area contributed by atoms with Gasteiger partial charge in [-0.1, -0.05) is 11.6 Å². The number of halogens is 1. The summed E-state index contributed by atoms with van der Waals surface area (Å²) >= 11 is 5.95. The second-order valence-electron chi connectivity index (χ2n) is 3.80. The van der Waals surface area contributed by atoms with Crippen LogP contribution in [0.4, 0.5) is 11.6 Å². The Morgan fingerprint density at radius 3 is 2.90 bits per heavy atom. The summed E-state index contributed by atoms with van der Waals surface area (Å²) in [6.45, 7) is 1.72. The quantitative estimate of drug-likeness (QED) is 0.505. The Labute approximate surface area is 118 Å². The second-order valence-corrected chi connectivity index (χ2v) is 4.21. The first-order chi connectivity index (χ1) is 9.51. The van der Waals surface area contributed by atoms with Crippen molar-refractivity contribution in [2.24, 2.45) is 5.84 Å². The summed E-state index contributed by atoms with van der Waals surface area (Å²) in [5.74, 6) is 5.70. The first-order valence-electron chi connectivity index (χ1n) is 5.43. The minimum absolute atomic E-state index is 0.130. The number of aryl methyl sites for hydroxylation is 1. The van der Waals surface area contributed by atoms with Crippen LogP contribution in [0, 0.1) is 17.0 Å². The summed E-state index contributed by atoms with van der Waals surface area (Å²) in [4.78, 5) is 18.1. The number of nitrogens with two attached hydrogens (primary N) is 1.